The highest BCUT2D eigenvalue weighted by Crippen LogP contribution is 2.05. The highest BCUT2D eigenvalue weighted by Gasteiger charge is 1.89. The second-order valence-electron chi connectivity index (χ2n) is 2.84. The van der Waals surface area contributed by atoms with E-state index >= 15 is 0 Å². The minimum Gasteiger partial charge on any atom is -0.180 e. The summed E-state index contributed by atoms with van der Waals surface area (Å²) in [4.78, 5) is 0. The lowest BCUT2D eigenvalue weighted by Gasteiger charge is -1.80. The van der Waals surface area contributed by atoms with Gasteiger partial charge in [-0.25, -0.2) is 0 Å². The van der Waals surface area contributed by atoms with Crippen molar-refractivity contribution in [3.05, 3.63) is 52.8 Å². The number of rotatable bonds is 1. The maximum absolute atomic E-state index is 5.44. The van der Waals surface area contributed by atoms with Crippen LogP contribution in [0.15, 0.2) is 47.1 Å². The van der Waals surface area contributed by atoms with E-state index in [1.165, 1.54) is 4.20 Å². The van der Waals surface area contributed by atoms with Crippen LogP contribution in [-0.2, 0) is 6.42 Å². The highest BCUT2D eigenvalue weighted by molar-refractivity contribution is 9.10. The standard InChI is InChI=1S/C6H5Br.C5H7ClN2/c7-6-4-2-1-3-5-6;1-2-5-3-4-8(6)7-5/h1-5H;3-4H,2H2,1H3. The monoisotopic (exact) mass is 286 g/mol. The van der Waals surface area contributed by atoms with Gasteiger partial charge in [0.2, 0.25) is 0 Å². The van der Waals surface area contributed by atoms with Gasteiger partial charge in [0.15, 0.2) is 0 Å². The Labute approximate surface area is 103 Å². The van der Waals surface area contributed by atoms with Gasteiger partial charge in [-0.05, 0) is 24.6 Å². The van der Waals surface area contributed by atoms with Crippen LogP contribution in [0.25, 0.3) is 0 Å². The van der Waals surface area contributed by atoms with E-state index in [4.69, 9.17) is 11.8 Å². The Morgan fingerprint density at radius 3 is 2.20 bits per heavy atom. The van der Waals surface area contributed by atoms with Crippen molar-refractivity contribution in [1.82, 2.24) is 9.30 Å². The van der Waals surface area contributed by atoms with Crippen molar-refractivity contribution in [3.63, 3.8) is 0 Å². The Hall–Kier alpha value is -0.800. The summed E-state index contributed by atoms with van der Waals surface area (Å²) in [7, 11) is 0. The van der Waals surface area contributed by atoms with Crippen LogP contribution < -0.4 is 0 Å². The van der Waals surface area contributed by atoms with Gasteiger partial charge in [0.25, 0.3) is 0 Å². The number of hydrogen-bond acceptors (Lipinski definition) is 1. The second-order valence-corrected chi connectivity index (χ2v) is 4.11. The van der Waals surface area contributed by atoms with Crippen LogP contribution in [0.1, 0.15) is 12.6 Å². The number of hydrogen-bond donors (Lipinski definition) is 0. The van der Waals surface area contributed by atoms with Crippen molar-refractivity contribution < 1.29 is 0 Å². The molecule has 0 N–H and O–H groups in total. The van der Waals surface area contributed by atoms with Gasteiger partial charge < -0.3 is 0 Å². The molecule has 0 saturated heterocycles. The topological polar surface area (TPSA) is 17.8 Å². The van der Waals surface area contributed by atoms with E-state index in [0.29, 0.717) is 0 Å². The maximum atomic E-state index is 5.44. The lowest BCUT2D eigenvalue weighted by atomic mass is 10.4. The van der Waals surface area contributed by atoms with Gasteiger partial charge >= 0.3 is 0 Å². The number of aromatic nitrogens is 2. The minimum atomic E-state index is 0.944. The van der Waals surface area contributed by atoms with E-state index in [0.717, 1.165) is 16.6 Å². The Morgan fingerprint density at radius 2 is 1.93 bits per heavy atom. The third kappa shape index (κ3) is 5.00. The summed E-state index contributed by atoms with van der Waals surface area (Å²) in [6.45, 7) is 2.04. The van der Waals surface area contributed by atoms with Crippen LogP contribution in [0.4, 0.5) is 0 Å². The lowest BCUT2D eigenvalue weighted by molar-refractivity contribution is 0.921. The zero-order valence-corrected chi connectivity index (χ0v) is 10.7. The zero-order valence-electron chi connectivity index (χ0n) is 8.40. The number of nitrogens with zero attached hydrogens (tertiary/aromatic N) is 2. The SMILES string of the molecule is Brc1ccccc1.CCc1ccn(Cl)n1. The summed E-state index contributed by atoms with van der Waals surface area (Å²) in [5.74, 6) is 0. The molecule has 0 saturated carbocycles. The van der Waals surface area contributed by atoms with Crippen molar-refractivity contribution in [2.75, 3.05) is 0 Å². The molecule has 80 valence electrons. The number of halogens is 2. The van der Waals surface area contributed by atoms with Crippen molar-refractivity contribution in [3.8, 4) is 0 Å². The molecule has 2 nitrogen and oxygen atoms in total. The van der Waals surface area contributed by atoms with E-state index in [2.05, 4.69) is 21.0 Å². The van der Waals surface area contributed by atoms with Crippen LogP contribution in [0.2, 0.25) is 0 Å². The Morgan fingerprint density at radius 1 is 1.27 bits per heavy atom. The molecule has 0 aliphatic carbocycles. The van der Waals surface area contributed by atoms with Gasteiger partial charge in [-0.15, -0.1) is 0 Å². The second kappa shape index (κ2) is 6.64. The molecule has 0 atom stereocenters. The van der Waals surface area contributed by atoms with Gasteiger partial charge in [-0.3, -0.25) is 0 Å². The van der Waals surface area contributed by atoms with Gasteiger partial charge in [0.05, 0.1) is 5.69 Å². The lowest BCUT2D eigenvalue weighted by Crippen LogP contribution is -1.82. The van der Waals surface area contributed by atoms with Crippen molar-refractivity contribution in [1.29, 1.82) is 0 Å². The molecule has 1 aromatic carbocycles. The molecule has 0 spiro atoms. The summed E-state index contributed by atoms with van der Waals surface area (Å²) in [5.41, 5.74) is 1.03. The number of benzene rings is 1. The van der Waals surface area contributed by atoms with E-state index in [9.17, 15) is 0 Å². The van der Waals surface area contributed by atoms with Crippen molar-refractivity contribution >= 4 is 27.7 Å². The van der Waals surface area contributed by atoms with Crippen molar-refractivity contribution in [2.24, 2.45) is 0 Å². The first kappa shape index (κ1) is 12.3. The van der Waals surface area contributed by atoms with Crippen molar-refractivity contribution in [2.45, 2.75) is 13.3 Å². The fourth-order valence-corrected chi connectivity index (χ4v) is 1.40. The van der Waals surface area contributed by atoms with Crippen LogP contribution in [0.3, 0.4) is 0 Å². The van der Waals surface area contributed by atoms with E-state index in [1.807, 2.05) is 43.3 Å². The van der Waals surface area contributed by atoms with Crippen LogP contribution in [0, 0.1) is 0 Å². The average molecular weight is 288 g/mol. The largest absolute Gasteiger partial charge is 0.180 e. The van der Waals surface area contributed by atoms with E-state index < -0.39 is 0 Å². The molecule has 0 fully saturated rings. The third-order valence-electron chi connectivity index (χ3n) is 1.71. The van der Waals surface area contributed by atoms with Gasteiger partial charge in [0.1, 0.15) is 0 Å². The summed E-state index contributed by atoms with van der Waals surface area (Å²) in [6, 6.07) is 11.9. The molecule has 0 bridgehead atoms. The molecule has 0 aliphatic rings. The summed E-state index contributed by atoms with van der Waals surface area (Å²) >= 11 is 8.76. The van der Waals surface area contributed by atoms with Crippen LogP contribution in [0.5, 0.6) is 0 Å². The fraction of sp³-hybridized carbons (Fsp3) is 0.182. The normalized spacial score (nSPS) is 9.27. The van der Waals surface area contributed by atoms with E-state index in [1.54, 1.807) is 6.20 Å². The molecule has 0 radical (unpaired) electrons. The first-order chi connectivity index (χ1) is 7.22. The highest BCUT2D eigenvalue weighted by atomic mass is 79.9. The average Bonchev–Trinajstić information content (AvgIpc) is 2.66. The first-order valence-corrected chi connectivity index (χ1v) is 5.76. The van der Waals surface area contributed by atoms with Gasteiger partial charge in [0, 0.05) is 22.4 Å². The molecule has 0 unspecified atom stereocenters. The molecule has 0 aliphatic heterocycles. The summed E-state index contributed by atoms with van der Waals surface area (Å²) in [5, 5.41) is 3.91. The molecular formula is C11H12BrClN2. The first-order valence-electron chi connectivity index (χ1n) is 4.63. The fourth-order valence-electron chi connectivity index (χ4n) is 0.940. The molecule has 1 aromatic heterocycles. The van der Waals surface area contributed by atoms with Crippen LogP contribution in [-0.4, -0.2) is 9.30 Å². The maximum Gasteiger partial charge on any atom is 0.0636 e. The molecule has 2 rings (SSSR count). The Kier molecular flexibility index (Phi) is 5.43. The molecule has 2 aromatic rings. The summed E-state index contributed by atoms with van der Waals surface area (Å²) < 4.78 is 2.42. The Balaban J connectivity index is 0.000000151. The predicted octanol–water partition coefficient (Wildman–Crippen LogP) is 3.90. The molecule has 1 heterocycles. The predicted molar refractivity (Wildman–Crippen MR) is 67.0 cm³/mol. The zero-order chi connectivity index (χ0) is 11.1. The van der Waals surface area contributed by atoms with Crippen LogP contribution >= 0.6 is 27.7 Å². The van der Waals surface area contributed by atoms with Gasteiger partial charge in [-0.1, -0.05) is 41.1 Å². The quantitative estimate of drug-likeness (QED) is 0.778. The molecular weight excluding hydrogens is 275 g/mol. The molecule has 15 heavy (non-hydrogen) atoms. The molecule has 0 amide bonds. The third-order valence-corrected chi connectivity index (χ3v) is 2.43. The minimum absolute atomic E-state index is 0.944. The van der Waals surface area contributed by atoms with E-state index in [-0.39, 0.29) is 0 Å². The molecule has 4 heteroatoms. The van der Waals surface area contributed by atoms with Gasteiger partial charge in [-0.2, -0.15) is 9.30 Å². The number of aryl methyl sites for hydroxylation is 1. The Bertz CT molecular complexity index is 386. The summed E-state index contributed by atoms with van der Waals surface area (Å²) in [6.07, 6.45) is 2.67. The smallest absolute Gasteiger partial charge is 0.0636 e.